The van der Waals surface area contributed by atoms with Crippen LogP contribution in [0.3, 0.4) is 0 Å². The minimum absolute atomic E-state index is 0.114. The number of aromatic nitrogens is 2. The molecule has 0 atom stereocenters. The second-order valence-corrected chi connectivity index (χ2v) is 11.0. The third-order valence-electron chi connectivity index (χ3n) is 6.79. The van der Waals surface area contributed by atoms with E-state index >= 15 is 4.39 Å². The van der Waals surface area contributed by atoms with E-state index in [9.17, 15) is 4.79 Å². The average Bonchev–Trinajstić information content (AvgIpc) is 2.94. The van der Waals surface area contributed by atoms with Gasteiger partial charge in [-0.05, 0) is 85.0 Å². The third-order valence-corrected chi connectivity index (χ3v) is 6.79. The maximum Gasteiger partial charge on any atom is 0.495 e. The Morgan fingerprint density at radius 3 is 2.27 bits per heavy atom. The Balaban J connectivity index is 1.49. The van der Waals surface area contributed by atoms with Crippen LogP contribution in [0.2, 0.25) is 0 Å². The van der Waals surface area contributed by atoms with Crippen molar-refractivity contribution < 1.29 is 23.2 Å². The van der Waals surface area contributed by atoms with E-state index in [0.29, 0.717) is 29.5 Å². The van der Waals surface area contributed by atoms with Crippen molar-refractivity contribution in [2.45, 2.75) is 84.0 Å². The summed E-state index contributed by atoms with van der Waals surface area (Å²) in [6.45, 7) is 14.6. The third kappa shape index (κ3) is 4.85. The predicted molar refractivity (Wildman–Crippen MR) is 125 cm³/mol. The molecule has 4 rings (SSSR count). The number of amides is 1. The molecule has 2 aliphatic rings. The van der Waals surface area contributed by atoms with Crippen LogP contribution in [0.1, 0.15) is 72.9 Å². The van der Waals surface area contributed by atoms with Crippen molar-refractivity contribution in [3.05, 3.63) is 29.7 Å². The predicted octanol–water partition coefficient (Wildman–Crippen LogP) is 4.18. The van der Waals surface area contributed by atoms with Gasteiger partial charge in [0.2, 0.25) is 0 Å². The molecule has 7 nitrogen and oxygen atoms in total. The van der Waals surface area contributed by atoms with Crippen LogP contribution in [0, 0.1) is 5.82 Å². The summed E-state index contributed by atoms with van der Waals surface area (Å²) < 4.78 is 32.7. The molecule has 0 unspecified atom stereocenters. The minimum atomic E-state index is -0.660. The number of carbonyl (C=O) groups is 1. The molecule has 2 aliphatic heterocycles. The van der Waals surface area contributed by atoms with E-state index in [2.05, 4.69) is 10.2 Å². The van der Waals surface area contributed by atoms with Crippen molar-refractivity contribution in [2.75, 3.05) is 13.1 Å². The number of rotatable bonds is 2. The fourth-order valence-electron chi connectivity index (χ4n) is 4.14. The molecule has 1 amide bonds. The lowest BCUT2D eigenvalue weighted by Crippen LogP contribution is -2.41. The number of fused-ring (bicyclic) bond motifs is 1. The van der Waals surface area contributed by atoms with Gasteiger partial charge in [0.05, 0.1) is 22.4 Å². The topological polar surface area (TPSA) is 73.8 Å². The van der Waals surface area contributed by atoms with Gasteiger partial charge in [0.25, 0.3) is 0 Å². The lowest BCUT2D eigenvalue weighted by atomic mass is 9.78. The smallest absolute Gasteiger partial charge is 0.444 e. The van der Waals surface area contributed by atoms with Crippen LogP contribution in [0.4, 0.5) is 9.18 Å². The molecule has 0 spiro atoms. The molecule has 2 fully saturated rings. The molecule has 0 saturated carbocycles. The molecule has 1 aromatic carbocycles. The Labute approximate surface area is 195 Å². The highest BCUT2D eigenvalue weighted by atomic mass is 19.1. The molecule has 2 aromatic rings. The Morgan fingerprint density at radius 1 is 1.09 bits per heavy atom. The number of benzene rings is 1. The molecule has 0 N–H and O–H groups in total. The first-order chi connectivity index (χ1) is 15.3. The van der Waals surface area contributed by atoms with E-state index in [1.54, 1.807) is 17.0 Å². The SMILES string of the molecule is CC(C)(C)OC(=O)N1CCC(c2cc3c(F)cc(B4OC(C)(C)C(C)(C)O4)cc3nn2)CC1. The highest BCUT2D eigenvalue weighted by Crippen LogP contribution is 2.37. The van der Waals surface area contributed by atoms with Gasteiger partial charge in [-0.1, -0.05) is 0 Å². The van der Waals surface area contributed by atoms with Crippen molar-refractivity contribution >= 4 is 29.6 Å². The van der Waals surface area contributed by atoms with Crippen molar-refractivity contribution in [2.24, 2.45) is 0 Å². The minimum Gasteiger partial charge on any atom is -0.444 e. The Hall–Kier alpha value is -2.26. The van der Waals surface area contributed by atoms with Crippen LogP contribution in [-0.2, 0) is 14.0 Å². The van der Waals surface area contributed by atoms with E-state index in [1.807, 2.05) is 48.5 Å². The van der Waals surface area contributed by atoms with Crippen LogP contribution in [-0.4, -0.2) is 58.2 Å². The number of carbonyl (C=O) groups excluding carboxylic acids is 1. The van der Waals surface area contributed by atoms with Crippen LogP contribution in [0.25, 0.3) is 10.9 Å². The van der Waals surface area contributed by atoms with Gasteiger partial charge < -0.3 is 18.9 Å². The highest BCUT2D eigenvalue weighted by molar-refractivity contribution is 6.62. The number of piperidine rings is 1. The molecule has 33 heavy (non-hydrogen) atoms. The fraction of sp³-hybridized carbons (Fsp3) is 0.625. The summed E-state index contributed by atoms with van der Waals surface area (Å²) in [7, 11) is -0.660. The number of hydrogen-bond acceptors (Lipinski definition) is 6. The van der Waals surface area contributed by atoms with Crippen molar-refractivity contribution in [3.63, 3.8) is 0 Å². The van der Waals surface area contributed by atoms with Crippen LogP contribution < -0.4 is 5.46 Å². The summed E-state index contributed by atoms with van der Waals surface area (Å²) >= 11 is 0. The molecule has 0 radical (unpaired) electrons. The second kappa shape index (κ2) is 8.20. The molecule has 0 aliphatic carbocycles. The van der Waals surface area contributed by atoms with E-state index < -0.39 is 23.9 Å². The van der Waals surface area contributed by atoms with Gasteiger partial charge in [0.15, 0.2) is 0 Å². The molecule has 178 valence electrons. The standard InChI is InChI=1S/C24H33BFN3O4/c1-22(2,3)31-21(30)29-10-8-15(9-11-29)19-14-17-18(26)12-16(13-20(17)28-27-19)25-32-23(4,5)24(6,7)33-25/h12-15H,8-11H2,1-7H3. The zero-order chi connectivity index (χ0) is 24.2. The number of halogens is 1. The van der Waals surface area contributed by atoms with E-state index in [0.717, 1.165) is 18.5 Å². The molecular formula is C24H33BFN3O4. The lowest BCUT2D eigenvalue weighted by Gasteiger charge is -2.33. The van der Waals surface area contributed by atoms with E-state index in [4.69, 9.17) is 14.0 Å². The normalized spacial score (nSPS) is 21.0. The van der Waals surface area contributed by atoms with E-state index in [1.165, 1.54) is 6.07 Å². The van der Waals surface area contributed by atoms with Gasteiger partial charge >= 0.3 is 13.2 Å². The number of nitrogens with zero attached hydrogens (tertiary/aromatic N) is 3. The Morgan fingerprint density at radius 2 is 1.70 bits per heavy atom. The van der Waals surface area contributed by atoms with Gasteiger partial charge in [-0.3, -0.25) is 0 Å². The first-order valence-electron chi connectivity index (χ1n) is 11.6. The van der Waals surface area contributed by atoms with Crippen LogP contribution >= 0.6 is 0 Å². The van der Waals surface area contributed by atoms with Crippen molar-refractivity contribution in [1.82, 2.24) is 15.1 Å². The van der Waals surface area contributed by atoms with Crippen molar-refractivity contribution in [3.8, 4) is 0 Å². The Bertz CT molecular complexity index is 1050. The van der Waals surface area contributed by atoms with Gasteiger partial charge in [-0.25, -0.2) is 9.18 Å². The Kier molecular flexibility index (Phi) is 5.94. The summed E-state index contributed by atoms with van der Waals surface area (Å²) in [6.07, 6.45) is 1.16. The number of likely N-dealkylation sites (tertiary alicyclic amines) is 1. The highest BCUT2D eigenvalue weighted by Gasteiger charge is 2.51. The summed E-state index contributed by atoms with van der Waals surface area (Å²) in [5.41, 5.74) is 0.267. The molecule has 3 heterocycles. The summed E-state index contributed by atoms with van der Waals surface area (Å²) in [4.78, 5) is 14.0. The lowest BCUT2D eigenvalue weighted by molar-refractivity contribution is 0.00578. The molecule has 2 saturated heterocycles. The fourth-order valence-corrected chi connectivity index (χ4v) is 4.14. The summed E-state index contributed by atoms with van der Waals surface area (Å²) in [5.74, 6) is -0.262. The van der Waals surface area contributed by atoms with E-state index in [-0.39, 0.29) is 17.8 Å². The van der Waals surface area contributed by atoms with Gasteiger partial charge in [-0.2, -0.15) is 10.2 Å². The summed E-state index contributed by atoms with van der Waals surface area (Å²) in [6, 6.07) is 5.02. The maximum atomic E-state index is 15.1. The maximum absolute atomic E-state index is 15.1. The first-order valence-corrected chi connectivity index (χ1v) is 11.6. The first kappa shape index (κ1) is 23.9. The second-order valence-electron chi connectivity index (χ2n) is 11.0. The average molecular weight is 457 g/mol. The largest absolute Gasteiger partial charge is 0.495 e. The molecule has 0 bridgehead atoms. The quantitative estimate of drug-likeness (QED) is 0.630. The summed E-state index contributed by atoms with van der Waals surface area (Å²) in [5, 5.41) is 9.14. The van der Waals surface area contributed by atoms with Gasteiger partial charge in [-0.15, -0.1) is 0 Å². The van der Waals surface area contributed by atoms with Crippen molar-refractivity contribution in [1.29, 1.82) is 0 Å². The zero-order valence-electron chi connectivity index (χ0n) is 20.6. The molecule has 9 heteroatoms. The monoisotopic (exact) mass is 457 g/mol. The molecule has 1 aromatic heterocycles. The number of ether oxygens (including phenoxy) is 1. The van der Waals surface area contributed by atoms with Crippen LogP contribution in [0.5, 0.6) is 0 Å². The van der Waals surface area contributed by atoms with Gasteiger partial charge in [0, 0.05) is 24.4 Å². The zero-order valence-corrected chi connectivity index (χ0v) is 20.6. The van der Waals surface area contributed by atoms with Gasteiger partial charge in [0.1, 0.15) is 11.4 Å². The number of hydrogen-bond donors (Lipinski definition) is 0. The molecular weight excluding hydrogens is 424 g/mol. The van der Waals surface area contributed by atoms with Crippen LogP contribution in [0.15, 0.2) is 18.2 Å².